The second-order valence-electron chi connectivity index (χ2n) is 2.59. The summed E-state index contributed by atoms with van der Waals surface area (Å²) in [5, 5.41) is 3.89. The molecule has 0 spiro atoms. The summed E-state index contributed by atoms with van der Waals surface area (Å²) in [6.07, 6.45) is 1.31. The van der Waals surface area contributed by atoms with Gasteiger partial charge in [0.1, 0.15) is 4.90 Å². The lowest BCUT2D eigenvalue weighted by molar-refractivity contribution is 0.455. The van der Waals surface area contributed by atoms with Crippen molar-refractivity contribution in [2.24, 2.45) is 0 Å². The van der Waals surface area contributed by atoms with Crippen molar-refractivity contribution in [1.29, 1.82) is 0 Å². The predicted octanol–water partition coefficient (Wildman–Crippen LogP) is 2.25. The highest BCUT2D eigenvalue weighted by Gasteiger charge is 2.15. The highest BCUT2D eigenvalue weighted by Crippen LogP contribution is 2.28. The summed E-state index contributed by atoms with van der Waals surface area (Å²) in [4.78, 5) is -0.417. The highest BCUT2D eigenvalue weighted by molar-refractivity contribution is 9.10. The molecule has 0 aliphatic rings. The van der Waals surface area contributed by atoms with Crippen LogP contribution < -0.4 is 0 Å². The Morgan fingerprint density at radius 3 is 2.79 bits per heavy atom. The Morgan fingerprint density at radius 1 is 1.43 bits per heavy atom. The van der Waals surface area contributed by atoms with Gasteiger partial charge in [0.15, 0.2) is 5.58 Å². The summed E-state index contributed by atoms with van der Waals surface area (Å²) >= 11 is 3.05. The molecule has 7 heteroatoms. The van der Waals surface area contributed by atoms with E-state index in [-0.39, 0.29) is 0 Å². The summed E-state index contributed by atoms with van der Waals surface area (Å²) in [6, 6.07) is 2.29. The van der Waals surface area contributed by atoms with E-state index in [1.54, 1.807) is 0 Å². The summed E-state index contributed by atoms with van der Waals surface area (Å²) in [5.74, 6) is 0. The Balaban J connectivity index is 2.83. The summed E-state index contributed by atoms with van der Waals surface area (Å²) in [5.41, 5.74) is 0.386. The van der Waals surface area contributed by atoms with Crippen molar-refractivity contribution in [2.75, 3.05) is 0 Å². The van der Waals surface area contributed by atoms with Crippen molar-refractivity contribution in [3.63, 3.8) is 0 Å². The van der Waals surface area contributed by atoms with Crippen molar-refractivity contribution in [3.05, 3.63) is 22.8 Å². The number of rotatable bonds is 1. The second kappa shape index (κ2) is 3.03. The van der Waals surface area contributed by atoms with Gasteiger partial charge in [-0.15, -0.1) is 3.89 Å². The highest BCUT2D eigenvalue weighted by atomic mass is 79.9. The van der Waals surface area contributed by atoms with Gasteiger partial charge in [0.2, 0.25) is 0 Å². The Kier molecular flexibility index (Phi) is 2.07. The maximum atomic E-state index is 12.6. The average Bonchev–Trinajstić information content (AvgIpc) is 2.50. The molecule has 0 saturated carbocycles. The van der Waals surface area contributed by atoms with E-state index in [4.69, 9.17) is 4.52 Å². The molecule has 0 saturated heterocycles. The molecule has 2 rings (SSSR count). The Morgan fingerprint density at radius 2 is 2.14 bits per heavy atom. The molecule has 0 radical (unpaired) electrons. The van der Waals surface area contributed by atoms with Gasteiger partial charge in [0, 0.05) is 5.39 Å². The number of hydrogen-bond acceptors (Lipinski definition) is 4. The van der Waals surface area contributed by atoms with Gasteiger partial charge in [0.05, 0.1) is 10.7 Å². The first-order valence-corrected chi connectivity index (χ1v) is 5.65. The van der Waals surface area contributed by atoms with E-state index in [0.29, 0.717) is 15.4 Å². The van der Waals surface area contributed by atoms with Gasteiger partial charge < -0.3 is 4.52 Å². The molecular formula is C7H3BrFNO3S. The summed E-state index contributed by atoms with van der Waals surface area (Å²) in [6.45, 7) is 0. The maximum absolute atomic E-state index is 12.6. The van der Waals surface area contributed by atoms with Gasteiger partial charge >= 0.3 is 10.2 Å². The molecule has 2 aromatic rings. The number of halogens is 2. The van der Waals surface area contributed by atoms with Crippen molar-refractivity contribution < 1.29 is 16.8 Å². The lowest BCUT2D eigenvalue weighted by atomic mass is 10.3. The molecule has 0 N–H and O–H groups in total. The zero-order valence-corrected chi connectivity index (χ0v) is 8.97. The van der Waals surface area contributed by atoms with Crippen LogP contribution >= 0.6 is 15.9 Å². The number of aromatic nitrogens is 1. The van der Waals surface area contributed by atoms with Crippen molar-refractivity contribution in [3.8, 4) is 0 Å². The molecule has 0 unspecified atom stereocenters. The molecule has 0 amide bonds. The van der Waals surface area contributed by atoms with Crippen LogP contribution in [0, 0.1) is 0 Å². The van der Waals surface area contributed by atoms with E-state index in [0.717, 1.165) is 12.1 Å². The number of benzene rings is 1. The van der Waals surface area contributed by atoms with E-state index in [2.05, 4.69) is 21.1 Å². The molecule has 0 bridgehead atoms. The van der Waals surface area contributed by atoms with E-state index < -0.39 is 15.1 Å². The molecule has 1 aromatic heterocycles. The molecule has 74 valence electrons. The van der Waals surface area contributed by atoms with Crippen LogP contribution in [0.15, 0.2) is 32.2 Å². The largest absolute Gasteiger partial charge is 0.355 e. The van der Waals surface area contributed by atoms with Gasteiger partial charge in [-0.2, -0.15) is 8.42 Å². The van der Waals surface area contributed by atoms with Gasteiger partial charge in [-0.3, -0.25) is 0 Å². The fourth-order valence-electron chi connectivity index (χ4n) is 1.06. The van der Waals surface area contributed by atoms with Crippen LogP contribution in [-0.4, -0.2) is 13.6 Å². The molecule has 4 nitrogen and oxygen atoms in total. The Bertz CT molecular complexity index is 592. The molecule has 1 aromatic carbocycles. The molecule has 1 heterocycles. The van der Waals surface area contributed by atoms with E-state index in [1.165, 1.54) is 6.20 Å². The minimum atomic E-state index is -4.69. The monoisotopic (exact) mass is 279 g/mol. The molecule has 0 aliphatic carbocycles. The van der Waals surface area contributed by atoms with Crippen molar-refractivity contribution >= 4 is 37.1 Å². The third-order valence-corrected chi connectivity index (χ3v) is 3.05. The van der Waals surface area contributed by atoms with Gasteiger partial charge in [-0.25, -0.2) is 0 Å². The predicted molar refractivity (Wildman–Crippen MR) is 50.0 cm³/mol. The fourth-order valence-corrected chi connectivity index (χ4v) is 2.28. The zero-order chi connectivity index (χ0) is 10.3. The number of nitrogens with zero attached hydrogens (tertiary/aromatic N) is 1. The van der Waals surface area contributed by atoms with Crippen molar-refractivity contribution in [1.82, 2.24) is 5.16 Å². The SMILES string of the molecule is O=S(=O)(F)c1cc(Br)c2oncc2c1. The maximum Gasteiger partial charge on any atom is 0.332 e. The molecular weight excluding hydrogens is 277 g/mol. The normalized spacial score (nSPS) is 12.1. The molecule has 0 atom stereocenters. The lowest BCUT2D eigenvalue weighted by Crippen LogP contribution is -1.91. The Hall–Kier alpha value is -0.950. The first-order valence-electron chi connectivity index (χ1n) is 3.47. The summed E-state index contributed by atoms with van der Waals surface area (Å²) < 4.78 is 39.0. The molecule has 0 fully saturated rings. The second-order valence-corrected chi connectivity index (χ2v) is 4.79. The van der Waals surface area contributed by atoms with E-state index in [1.807, 2.05) is 0 Å². The topological polar surface area (TPSA) is 60.2 Å². The standard InChI is InChI=1S/C7H3BrFNO3S/c8-6-2-5(14(9,11)12)1-4-3-10-13-7(4)6/h1-3H. The zero-order valence-electron chi connectivity index (χ0n) is 6.57. The fraction of sp³-hybridized carbons (Fsp3) is 0. The minimum Gasteiger partial charge on any atom is -0.355 e. The minimum absolute atomic E-state index is 0.351. The number of hydrogen-bond donors (Lipinski definition) is 0. The van der Waals surface area contributed by atoms with Crippen LogP contribution in [0.1, 0.15) is 0 Å². The first-order chi connectivity index (χ1) is 6.48. The molecule has 0 aliphatic heterocycles. The van der Waals surface area contributed by atoms with Crippen molar-refractivity contribution in [2.45, 2.75) is 4.90 Å². The van der Waals surface area contributed by atoms with Gasteiger partial charge in [-0.05, 0) is 28.1 Å². The van der Waals surface area contributed by atoms with Crippen LogP contribution in [0.25, 0.3) is 11.0 Å². The van der Waals surface area contributed by atoms with Crippen LogP contribution in [0.5, 0.6) is 0 Å². The lowest BCUT2D eigenvalue weighted by Gasteiger charge is -1.96. The quantitative estimate of drug-likeness (QED) is 0.752. The smallest absolute Gasteiger partial charge is 0.332 e. The van der Waals surface area contributed by atoms with Gasteiger partial charge in [0.25, 0.3) is 0 Å². The van der Waals surface area contributed by atoms with E-state index >= 15 is 0 Å². The van der Waals surface area contributed by atoms with Crippen LogP contribution in [0.4, 0.5) is 3.89 Å². The Labute approximate surface area is 87.0 Å². The van der Waals surface area contributed by atoms with Crippen LogP contribution in [0.2, 0.25) is 0 Å². The first kappa shape index (κ1) is 9.60. The van der Waals surface area contributed by atoms with Crippen LogP contribution in [-0.2, 0) is 10.2 Å². The van der Waals surface area contributed by atoms with Crippen LogP contribution in [0.3, 0.4) is 0 Å². The summed E-state index contributed by atoms with van der Waals surface area (Å²) in [7, 11) is -4.69. The number of fused-ring (bicyclic) bond motifs is 1. The molecule has 14 heavy (non-hydrogen) atoms. The van der Waals surface area contributed by atoms with E-state index in [9.17, 15) is 12.3 Å². The average molecular weight is 280 g/mol. The third kappa shape index (κ3) is 1.53. The van der Waals surface area contributed by atoms with Gasteiger partial charge in [-0.1, -0.05) is 5.16 Å². The third-order valence-electron chi connectivity index (χ3n) is 1.66.